The highest BCUT2D eigenvalue weighted by Gasteiger charge is 2.16. The highest BCUT2D eigenvalue weighted by atomic mass is 16.2. The number of aromatic nitrogens is 2. The maximum Gasteiger partial charge on any atom is 0.254 e. The molecule has 1 aromatic heterocycles. The summed E-state index contributed by atoms with van der Waals surface area (Å²) in [7, 11) is 0. The fourth-order valence-corrected chi connectivity index (χ4v) is 2.90. The van der Waals surface area contributed by atoms with Gasteiger partial charge in [-0.25, -0.2) is 0 Å². The van der Waals surface area contributed by atoms with Crippen LogP contribution in [0.1, 0.15) is 55.8 Å². The lowest BCUT2D eigenvalue weighted by molar-refractivity contribution is -0.122. The zero-order valence-corrected chi connectivity index (χ0v) is 14.5. The number of hydrogen-bond acceptors (Lipinski definition) is 4. The molecule has 0 atom stereocenters. The van der Waals surface area contributed by atoms with E-state index < -0.39 is 0 Å². The Kier molecular flexibility index (Phi) is 7.74. The van der Waals surface area contributed by atoms with Gasteiger partial charge in [-0.2, -0.15) is 5.10 Å². The van der Waals surface area contributed by atoms with Crippen molar-refractivity contribution in [3.05, 3.63) is 18.0 Å². The lowest BCUT2D eigenvalue weighted by atomic mass is 9.95. The predicted molar refractivity (Wildman–Crippen MR) is 92.7 cm³/mol. The molecule has 0 aromatic carbocycles. The van der Waals surface area contributed by atoms with Gasteiger partial charge in [-0.05, 0) is 25.8 Å². The molecule has 0 saturated heterocycles. The third-order valence-electron chi connectivity index (χ3n) is 4.19. The maximum atomic E-state index is 12.1. The smallest absolute Gasteiger partial charge is 0.254 e. The van der Waals surface area contributed by atoms with E-state index in [-0.39, 0.29) is 18.4 Å². The van der Waals surface area contributed by atoms with Crippen LogP contribution in [-0.2, 0) is 11.3 Å². The highest BCUT2D eigenvalue weighted by molar-refractivity contribution is 5.93. The summed E-state index contributed by atoms with van der Waals surface area (Å²) in [4.78, 5) is 24.1. The Morgan fingerprint density at radius 3 is 2.75 bits per heavy atom. The standard InChI is InChI=1S/C17H29N5O2/c1-2-8-18-9-10-19-17(24)14-11-20-22(12-14)13-16(23)21-15-6-4-3-5-7-15/h11-12,15,18H,2-10,13H2,1H3,(H,19,24)(H,21,23). The van der Waals surface area contributed by atoms with E-state index in [0.29, 0.717) is 18.2 Å². The highest BCUT2D eigenvalue weighted by Crippen LogP contribution is 2.17. The minimum absolute atomic E-state index is 0.0410. The Balaban J connectivity index is 1.71. The van der Waals surface area contributed by atoms with Crippen LogP contribution in [0.5, 0.6) is 0 Å². The first-order chi connectivity index (χ1) is 11.7. The van der Waals surface area contributed by atoms with E-state index in [2.05, 4.69) is 28.0 Å². The SMILES string of the molecule is CCCNCCNC(=O)c1cnn(CC(=O)NC2CCCCC2)c1. The van der Waals surface area contributed by atoms with Crippen LogP contribution in [0.2, 0.25) is 0 Å². The zero-order chi connectivity index (χ0) is 17.2. The molecule has 24 heavy (non-hydrogen) atoms. The first kappa shape index (κ1) is 18.4. The molecule has 1 heterocycles. The van der Waals surface area contributed by atoms with Gasteiger partial charge in [-0.15, -0.1) is 0 Å². The molecular formula is C17H29N5O2. The second kappa shape index (κ2) is 10.1. The number of carbonyl (C=O) groups is 2. The monoisotopic (exact) mass is 335 g/mol. The summed E-state index contributed by atoms with van der Waals surface area (Å²) in [5.41, 5.74) is 0.482. The van der Waals surface area contributed by atoms with E-state index in [1.165, 1.54) is 30.1 Å². The molecule has 2 amide bonds. The van der Waals surface area contributed by atoms with Crippen molar-refractivity contribution in [3.63, 3.8) is 0 Å². The van der Waals surface area contributed by atoms with Crippen molar-refractivity contribution in [3.8, 4) is 0 Å². The van der Waals surface area contributed by atoms with Gasteiger partial charge in [-0.3, -0.25) is 14.3 Å². The van der Waals surface area contributed by atoms with Gasteiger partial charge in [0.2, 0.25) is 5.91 Å². The third kappa shape index (κ3) is 6.31. The van der Waals surface area contributed by atoms with Crippen molar-refractivity contribution in [2.75, 3.05) is 19.6 Å². The van der Waals surface area contributed by atoms with Crippen molar-refractivity contribution in [1.29, 1.82) is 0 Å². The molecule has 1 aliphatic carbocycles. The van der Waals surface area contributed by atoms with E-state index in [9.17, 15) is 9.59 Å². The number of carbonyl (C=O) groups excluding carboxylic acids is 2. The van der Waals surface area contributed by atoms with Crippen LogP contribution in [0.15, 0.2) is 12.4 Å². The predicted octanol–water partition coefficient (Wildman–Crippen LogP) is 1.06. The van der Waals surface area contributed by atoms with Crippen LogP contribution in [0.25, 0.3) is 0 Å². The number of nitrogens with one attached hydrogen (secondary N) is 3. The minimum atomic E-state index is -0.160. The van der Waals surface area contributed by atoms with Crippen LogP contribution in [0.3, 0.4) is 0 Å². The Bertz CT molecular complexity index is 523. The zero-order valence-electron chi connectivity index (χ0n) is 14.5. The number of rotatable bonds is 9. The van der Waals surface area contributed by atoms with Gasteiger partial charge < -0.3 is 16.0 Å². The van der Waals surface area contributed by atoms with Gasteiger partial charge in [0.15, 0.2) is 0 Å². The second-order valence-electron chi connectivity index (χ2n) is 6.33. The minimum Gasteiger partial charge on any atom is -0.352 e. The van der Waals surface area contributed by atoms with Gasteiger partial charge in [0, 0.05) is 25.3 Å². The maximum absolute atomic E-state index is 12.1. The second-order valence-corrected chi connectivity index (χ2v) is 6.33. The molecule has 0 radical (unpaired) electrons. The Hall–Kier alpha value is -1.89. The summed E-state index contributed by atoms with van der Waals surface area (Å²) in [5.74, 6) is -0.201. The first-order valence-corrected chi connectivity index (χ1v) is 8.99. The normalized spacial score (nSPS) is 15.2. The molecule has 0 spiro atoms. The summed E-state index contributed by atoms with van der Waals surface area (Å²) in [6.07, 6.45) is 9.95. The molecule has 1 aromatic rings. The van der Waals surface area contributed by atoms with Crippen LogP contribution >= 0.6 is 0 Å². The fraction of sp³-hybridized carbons (Fsp3) is 0.706. The van der Waals surface area contributed by atoms with Gasteiger partial charge in [0.1, 0.15) is 6.54 Å². The quantitative estimate of drug-likeness (QED) is 0.589. The molecule has 3 N–H and O–H groups in total. The summed E-state index contributed by atoms with van der Waals surface area (Å²) in [6, 6.07) is 0.292. The van der Waals surface area contributed by atoms with Gasteiger partial charge in [0.05, 0.1) is 11.8 Å². The van der Waals surface area contributed by atoms with Gasteiger partial charge in [-0.1, -0.05) is 26.2 Å². The number of nitrogens with zero attached hydrogens (tertiary/aromatic N) is 2. The molecule has 1 saturated carbocycles. The van der Waals surface area contributed by atoms with Crippen molar-refractivity contribution < 1.29 is 9.59 Å². The van der Waals surface area contributed by atoms with Crippen molar-refractivity contribution in [1.82, 2.24) is 25.7 Å². The van der Waals surface area contributed by atoms with E-state index in [1.54, 1.807) is 6.20 Å². The molecule has 0 bridgehead atoms. The van der Waals surface area contributed by atoms with E-state index >= 15 is 0 Å². The molecular weight excluding hydrogens is 306 g/mol. The Morgan fingerprint density at radius 1 is 1.21 bits per heavy atom. The average molecular weight is 335 g/mol. The Morgan fingerprint density at radius 2 is 2.00 bits per heavy atom. The van der Waals surface area contributed by atoms with Gasteiger partial charge in [0.25, 0.3) is 5.91 Å². The largest absolute Gasteiger partial charge is 0.352 e. The lowest BCUT2D eigenvalue weighted by Crippen LogP contribution is -2.38. The topological polar surface area (TPSA) is 88.0 Å². The lowest BCUT2D eigenvalue weighted by Gasteiger charge is -2.22. The van der Waals surface area contributed by atoms with E-state index in [1.807, 2.05) is 0 Å². The summed E-state index contributed by atoms with van der Waals surface area (Å²) in [5, 5.41) is 13.2. The summed E-state index contributed by atoms with van der Waals surface area (Å²) in [6.45, 7) is 4.53. The molecule has 1 fully saturated rings. The van der Waals surface area contributed by atoms with Crippen LogP contribution < -0.4 is 16.0 Å². The average Bonchev–Trinajstić information content (AvgIpc) is 3.04. The van der Waals surface area contributed by atoms with Crippen LogP contribution in [0.4, 0.5) is 0 Å². The van der Waals surface area contributed by atoms with Gasteiger partial charge >= 0.3 is 0 Å². The molecule has 0 unspecified atom stereocenters. The van der Waals surface area contributed by atoms with Crippen LogP contribution in [-0.4, -0.2) is 47.3 Å². The molecule has 134 valence electrons. The molecule has 7 nitrogen and oxygen atoms in total. The van der Waals surface area contributed by atoms with Crippen molar-refractivity contribution in [2.24, 2.45) is 0 Å². The first-order valence-electron chi connectivity index (χ1n) is 8.99. The van der Waals surface area contributed by atoms with E-state index in [0.717, 1.165) is 32.4 Å². The molecule has 7 heteroatoms. The fourth-order valence-electron chi connectivity index (χ4n) is 2.90. The van der Waals surface area contributed by atoms with Crippen molar-refractivity contribution >= 4 is 11.8 Å². The molecule has 2 rings (SSSR count). The van der Waals surface area contributed by atoms with Crippen molar-refractivity contribution in [2.45, 2.75) is 58.0 Å². The van der Waals surface area contributed by atoms with Crippen LogP contribution in [0, 0.1) is 0 Å². The third-order valence-corrected chi connectivity index (χ3v) is 4.19. The number of hydrogen-bond donors (Lipinski definition) is 3. The number of amides is 2. The molecule has 0 aliphatic heterocycles. The summed E-state index contributed by atoms with van der Waals surface area (Å²) < 4.78 is 1.52. The molecule has 1 aliphatic rings. The van der Waals surface area contributed by atoms with E-state index in [4.69, 9.17) is 0 Å². The Labute approximate surface area is 143 Å². The summed E-state index contributed by atoms with van der Waals surface area (Å²) >= 11 is 0.